The number of hydrogen-bond acceptors (Lipinski definition) is 4. The molecule has 1 heterocycles. The lowest BCUT2D eigenvalue weighted by molar-refractivity contribution is -0.102. The molecule has 0 radical (unpaired) electrons. The van der Waals surface area contributed by atoms with Crippen LogP contribution in [0.5, 0.6) is 0 Å². The summed E-state index contributed by atoms with van der Waals surface area (Å²) in [6.07, 6.45) is 4.64. The SMILES string of the molecule is CC1CCC(O)(C(O)Cc2ccnc(N)c2)CC1. The van der Waals surface area contributed by atoms with E-state index in [-0.39, 0.29) is 0 Å². The second kappa shape index (κ2) is 5.24. The van der Waals surface area contributed by atoms with Crippen molar-refractivity contribution in [3.63, 3.8) is 0 Å². The number of anilines is 1. The third kappa shape index (κ3) is 3.00. The molecule has 100 valence electrons. The van der Waals surface area contributed by atoms with E-state index in [1.807, 2.05) is 6.07 Å². The van der Waals surface area contributed by atoms with Crippen LogP contribution in [-0.4, -0.2) is 26.9 Å². The Labute approximate surface area is 108 Å². The molecule has 4 N–H and O–H groups in total. The maximum atomic E-state index is 10.5. The molecule has 18 heavy (non-hydrogen) atoms. The molecule has 1 saturated carbocycles. The second-order valence-corrected chi connectivity index (χ2v) is 5.59. The van der Waals surface area contributed by atoms with Gasteiger partial charge in [0.05, 0.1) is 11.7 Å². The molecule has 0 spiro atoms. The van der Waals surface area contributed by atoms with Gasteiger partial charge in [-0.15, -0.1) is 0 Å². The largest absolute Gasteiger partial charge is 0.390 e. The predicted octanol–water partition coefficient (Wildman–Crippen LogP) is 1.51. The first-order valence-electron chi connectivity index (χ1n) is 6.60. The number of aliphatic hydroxyl groups is 2. The first-order chi connectivity index (χ1) is 8.49. The van der Waals surface area contributed by atoms with Crippen LogP contribution in [0.3, 0.4) is 0 Å². The highest BCUT2D eigenvalue weighted by molar-refractivity contribution is 5.32. The molecule has 0 amide bonds. The molecule has 1 unspecified atom stereocenters. The smallest absolute Gasteiger partial charge is 0.123 e. The van der Waals surface area contributed by atoms with E-state index in [9.17, 15) is 10.2 Å². The Bertz CT molecular complexity index is 401. The molecule has 0 aromatic carbocycles. The Hall–Kier alpha value is -1.13. The fourth-order valence-corrected chi connectivity index (χ4v) is 2.63. The molecule has 1 aliphatic carbocycles. The fraction of sp³-hybridized carbons (Fsp3) is 0.643. The lowest BCUT2D eigenvalue weighted by atomic mass is 9.75. The molecule has 0 bridgehead atoms. The minimum atomic E-state index is -0.940. The summed E-state index contributed by atoms with van der Waals surface area (Å²) in [5.74, 6) is 1.10. The summed E-state index contributed by atoms with van der Waals surface area (Å²) in [6, 6.07) is 3.58. The summed E-state index contributed by atoms with van der Waals surface area (Å²) >= 11 is 0. The van der Waals surface area contributed by atoms with Gasteiger partial charge in [0.15, 0.2) is 0 Å². The molecular weight excluding hydrogens is 228 g/mol. The standard InChI is InChI=1S/C14H22N2O2/c1-10-2-5-14(18,6-3-10)12(17)8-11-4-7-16-13(15)9-11/h4,7,9-10,12,17-18H,2-3,5-6,8H2,1H3,(H2,15,16). The van der Waals surface area contributed by atoms with E-state index in [0.29, 0.717) is 31.0 Å². The van der Waals surface area contributed by atoms with Gasteiger partial charge in [-0.05, 0) is 49.3 Å². The molecule has 0 aliphatic heterocycles. The van der Waals surface area contributed by atoms with Crippen molar-refractivity contribution in [2.75, 3.05) is 5.73 Å². The van der Waals surface area contributed by atoms with E-state index >= 15 is 0 Å². The van der Waals surface area contributed by atoms with E-state index in [1.165, 1.54) is 0 Å². The van der Waals surface area contributed by atoms with Gasteiger partial charge in [0, 0.05) is 12.6 Å². The number of rotatable bonds is 3. The van der Waals surface area contributed by atoms with Gasteiger partial charge >= 0.3 is 0 Å². The van der Waals surface area contributed by atoms with Crippen molar-refractivity contribution < 1.29 is 10.2 Å². The first-order valence-corrected chi connectivity index (χ1v) is 6.60. The van der Waals surface area contributed by atoms with Gasteiger partial charge in [-0.25, -0.2) is 4.98 Å². The third-order valence-electron chi connectivity index (χ3n) is 4.03. The van der Waals surface area contributed by atoms with Crippen molar-refractivity contribution in [3.05, 3.63) is 23.9 Å². The Morgan fingerprint density at radius 1 is 1.50 bits per heavy atom. The molecule has 2 rings (SSSR count). The number of aliphatic hydroxyl groups excluding tert-OH is 1. The zero-order valence-electron chi connectivity index (χ0n) is 10.8. The highest BCUT2D eigenvalue weighted by atomic mass is 16.3. The highest BCUT2D eigenvalue weighted by Crippen LogP contribution is 2.35. The summed E-state index contributed by atoms with van der Waals surface area (Å²) < 4.78 is 0. The maximum absolute atomic E-state index is 10.5. The maximum Gasteiger partial charge on any atom is 0.123 e. The van der Waals surface area contributed by atoms with Crippen LogP contribution in [0.2, 0.25) is 0 Å². The van der Waals surface area contributed by atoms with Crippen molar-refractivity contribution in [3.8, 4) is 0 Å². The van der Waals surface area contributed by atoms with Crippen LogP contribution < -0.4 is 5.73 Å². The lowest BCUT2D eigenvalue weighted by Crippen LogP contribution is -2.46. The average molecular weight is 250 g/mol. The van der Waals surface area contributed by atoms with Crippen LogP contribution in [0.1, 0.15) is 38.2 Å². The summed E-state index contributed by atoms with van der Waals surface area (Å²) in [6.45, 7) is 2.19. The minimum absolute atomic E-state index is 0.428. The van der Waals surface area contributed by atoms with Crippen LogP contribution in [-0.2, 0) is 6.42 Å². The van der Waals surface area contributed by atoms with Crippen LogP contribution >= 0.6 is 0 Å². The summed E-state index contributed by atoms with van der Waals surface area (Å²) in [5, 5.41) is 20.7. The molecule has 1 fully saturated rings. The molecular formula is C14H22N2O2. The summed E-state index contributed by atoms with van der Waals surface area (Å²) in [7, 11) is 0. The Morgan fingerprint density at radius 2 is 2.17 bits per heavy atom. The van der Waals surface area contributed by atoms with Crippen molar-refractivity contribution in [1.29, 1.82) is 0 Å². The highest BCUT2D eigenvalue weighted by Gasteiger charge is 2.38. The number of aromatic nitrogens is 1. The topological polar surface area (TPSA) is 79.4 Å². The summed E-state index contributed by atoms with van der Waals surface area (Å²) in [5.41, 5.74) is 5.59. The van der Waals surface area contributed by atoms with E-state index in [0.717, 1.165) is 18.4 Å². The molecule has 1 aliphatic rings. The first kappa shape index (κ1) is 13.3. The lowest BCUT2D eigenvalue weighted by Gasteiger charge is -2.38. The van der Waals surface area contributed by atoms with Gasteiger partial charge in [0.1, 0.15) is 5.82 Å². The van der Waals surface area contributed by atoms with Gasteiger partial charge in [0.2, 0.25) is 0 Å². The minimum Gasteiger partial charge on any atom is -0.390 e. The van der Waals surface area contributed by atoms with E-state index in [4.69, 9.17) is 5.73 Å². The Morgan fingerprint density at radius 3 is 2.78 bits per heavy atom. The molecule has 4 heteroatoms. The zero-order valence-corrected chi connectivity index (χ0v) is 10.8. The molecule has 0 saturated heterocycles. The third-order valence-corrected chi connectivity index (χ3v) is 4.03. The number of nitrogen functional groups attached to an aromatic ring is 1. The Balaban J connectivity index is 2.01. The second-order valence-electron chi connectivity index (χ2n) is 5.59. The fourth-order valence-electron chi connectivity index (χ4n) is 2.63. The molecule has 4 nitrogen and oxygen atoms in total. The monoisotopic (exact) mass is 250 g/mol. The van der Waals surface area contributed by atoms with Crippen LogP contribution in [0.15, 0.2) is 18.3 Å². The van der Waals surface area contributed by atoms with Crippen LogP contribution in [0.25, 0.3) is 0 Å². The van der Waals surface area contributed by atoms with Gasteiger partial charge in [-0.3, -0.25) is 0 Å². The van der Waals surface area contributed by atoms with E-state index in [2.05, 4.69) is 11.9 Å². The van der Waals surface area contributed by atoms with E-state index in [1.54, 1.807) is 12.3 Å². The summed E-state index contributed by atoms with van der Waals surface area (Å²) in [4.78, 5) is 3.92. The quantitative estimate of drug-likeness (QED) is 0.759. The molecule has 1 aromatic rings. The number of hydrogen-bond donors (Lipinski definition) is 3. The van der Waals surface area contributed by atoms with Crippen molar-refractivity contribution in [1.82, 2.24) is 4.98 Å². The number of nitrogens with two attached hydrogens (primary N) is 1. The van der Waals surface area contributed by atoms with Gasteiger partial charge in [-0.2, -0.15) is 0 Å². The number of nitrogens with zero attached hydrogens (tertiary/aromatic N) is 1. The predicted molar refractivity (Wildman–Crippen MR) is 70.9 cm³/mol. The normalized spacial score (nSPS) is 30.1. The van der Waals surface area contributed by atoms with Crippen LogP contribution in [0.4, 0.5) is 5.82 Å². The zero-order chi connectivity index (χ0) is 13.2. The van der Waals surface area contributed by atoms with Crippen molar-refractivity contribution >= 4 is 5.82 Å². The molecule has 1 atom stereocenters. The average Bonchev–Trinajstić information content (AvgIpc) is 2.33. The van der Waals surface area contributed by atoms with E-state index < -0.39 is 11.7 Å². The van der Waals surface area contributed by atoms with Crippen molar-refractivity contribution in [2.45, 2.75) is 50.7 Å². The molecule has 1 aromatic heterocycles. The Kier molecular flexibility index (Phi) is 3.88. The van der Waals surface area contributed by atoms with Gasteiger partial charge in [-0.1, -0.05) is 6.92 Å². The van der Waals surface area contributed by atoms with Gasteiger partial charge in [0.25, 0.3) is 0 Å². The van der Waals surface area contributed by atoms with Crippen LogP contribution in [0, 0.1) is 5.92 Å². The van der Waals surface area contributed by atoms with Gasteiger partial charge < -0.3 is 15.9 Å². The van der Waals surface area contributed by atoms with Crippen molar-refractivity contribution in [2.24, 2.45) is 5.92 Å². The number of pyridine rings is 1.